The summed E-state index contributed by atoms with van der Waals surface area (Å²) in [6, 6.07) is 10.0. The Kier molecular flexibility index (Phi) is 48.8. The number of carbonyl (C=O) groups excluding carboxylic acids is 9. The van der Waals surface area contributed by atoms with Crippen LogP contribution in [0, 0.1) is 11.8 Å². The van der Waals surface area contributed by atoms with E-state index in [1.807, 2.05) is 19.3 Å². The van der Waals surface area contributed by atoms with Crippen molar-refractivity contribution in [3.8, 4) is 23.0 Å². The zero-order valence-corrected chi connectivity index (χ0v) is 81.9. The molecule has 2 fully saturated rings. The summed E-state index contributed by atoms with van der Waals surface area (Å²) in [5.41, 5.74) is 4.11. The lowest BCUT2D eigenvalue weighted by atomic mass is 9.83. The number of imide groups is 1. The second kappa shape index (κ2) is 60.1. The van der Waals surface area contributed by atoms with Crippen molar-refractivity contribution >= 4 is 88.4 Å². The fraction of sp³-hybridized carbons (Fsp3) is 0.683. The molecule has 0 bridgehead atoms. The molecule has 32 nitrogen and oxygen atoms in total. The van der Waals surface area contributed by atoms with Gasteiger partial charge in [-0.05, 0) is 120 Å². The van der Waals surface area contributed by atoms with Crippen molar-refractivity contribution in [1.82, 2.24) is 30.7 Å². The summed E-state index contributed by atoms with van der Waals surface area (Å²) in [4.78, 5) is 132. The third-order valence-electron chi connectivity index (χ3n) is 25.3. The van der Waals surface area contributed by atoms with Crippen LogP contribution >= 0.6 is 11.8 Å². The molecule has 1 saturated heterocycles. The van der Waals surface area contributed by atoms with E-state index in [9.17, 15) is 48.3 Å². The second-order valence-corrected chi connectivity index (χ2v) is 37.6. The minimum absolute atomic E-state index is 0.0143. The molecule has 3 aromatic carbocycles. The Labute approximate surface area is 797 Å². The lowest BCUT2D eigenvalue weighted by Gasteiger charge is -2.36. The number of hydrogen-bond donors (Lipinski definition) is 5. The first kappa shape index (κ1) is 109. The normalized spacial score (nSPS) is 18.5. The molecule has 5 heterocycles. The third kappa shape index (κ3) is 35.7. The highest BCUT2D eigenvalue weighted by Crippen LogP contribution is 2.47. The topological polar surface area (TPSA) is 367 Å². The number of fused-ring (bicyclic) bond motifs is 4. The third-order valence-corrected chi connectivity index (χ3v) is 27.2. The maximum atomic E-state index is 14.3. The highest BCUT2D eigenvalue weighted by atomic mass is 32.2. The highest BCUT2D eigenvalue weighted by Gasteiger charge is 2.47. The number of anilines is 2. The summed E-state index contributed by atoms with van der Waals surface area (Å²) < 4.78 is 74.5. The van der Waals surface area contributed by atoms with Crippen LogP contribution in [0.25, 0.3) is 0 Å². The monoisotopic (exact) mass is 1890 g/mol. The lowest BCUT2D eigenvalue weighted by molar-refractivity contribution is -0.138. The highest BCUT2D eigenvalue weighted by molar-refractivity contribution is 8.02. The number of methoxy groups -OCH3 is 2. The van der Waals surface area contributed by atoms with Gasteiger partial charge in [-0.2, -0.15) is 0 Å². The number of likely N-dealkylation sites (tertiary alicyclic amines) is 1. The number of rotatable bonds is 58. The molecule has 1 unspecified atom stereocenters. The molecule has 3 aromatic rings. The van der Waals surface area contributed by atoms with E-state index < -0.39 is 59.3 Å². The molecule has 0 aromatic heterocycles. The smallest absolute Gasteiger partial charge is 0.416 e. The number of amides is 9. The number of aliphatic hydroxyl groups excluding tert-OH is 1. The standard InChI is InChI=1S/C101H153N9O23S/c1-10-13-26-33-77-61-79-68-103-82-64-87(85(121-8)62-80(82)96(116)108(79)70-77)131-42-29-25-30-43-132-88-65-83-81(63-86(88)122-9)97(117)109-69-73(6)60-84(109)98(118)110(83)100(120)133-71-76-34-36-78(37-35-76)105-94(114)74(7)104-95(115)93(72(4)5)106-91(112)39-44-123-46-48-125-50-52-127-54-56-129-58-59-130-57-55-128-53-51-126-49-47-124-45-40-102-90(111)38-41-107-92(113)66-89(99(107)119)134-101(11-2,12-3)67-75-31-27-23-21-19-17-15-14-16-18-20-22-24-28-32-75/h34-37,62-65,68-70,72,74-75,79,84,89,93,98,118H,10-33,38-61,66-67,71H2,1-9H3,(H,102,111)(H,104,115)(H,105,114)(H,106,112)/t74-,79-,84-,89?,93-,98-/m0/s1. The first-order valence-corrected chi connectivity index (χ1v) is 50.3. The van der Waals surface area contributed by atoms with Crippen molar-refractivity contribution in [2.75, 3.05) is 156 Å². The molecule has 6 atom stereocenters. The molecule has 9 rings (SSSR count). The maximum Gasteiger partial charge on any atom is 0.416 e. The van der Waals surface area contributed by atoms with E-state index in [0.29, 0.717) is 165 Å². The molecule has 1 aliphatic carbocycles. The average molecular weight is 1890 g/mol. The Bertz CT molecular complexity index is 4230. The quantitative estimate of drug-likeness (QED) is 0.0259. The number of carbonyl (C=O) groups is 9. The van der Waals surface area contributed by atoms with Gasteiger partial charge in [0, 0.05) is 73.5 Å². The molecule has 1 saturated carbocycles. The van der Waals surface area contributed by atoms with Gasteiger partial charge in [0.25, 0.3) is 11.8 Å². The zero-order chi connectivity index (χ0) is 95.8. The van der Waals surface area contributed by atoms with Gasteiger partial charge in [0.15, 0.2) is 29.2 Å². The predicted molar refractivity (Wildman–Crippen MR) is 514 cm³/mol. The molecule has 9 amide bonds. The number of aliphatic imine (C=N–C) groups is 1. The zero-order valence-electron chi connectivity index (χ0n) is 81.1. The minimum atomic E-state index is -1.53. The van der Waals surface area contributed by atoms with E-state index in [4.69, 9.17) is 66.6 Å². The molecule has 0 radical (unpaired) electrons. The molecule has 33 heteroatoms. The predicted octanol–water partition coefficient (Wildman–Crippen LogP) is 15.2. The van der Waals surface area contributed by atoms with Crippen molar-refractivity contribution in [2.45, 2.75) is 288 Å². The van der Waals surface area contributed by atoms with Gasteiger partial charge in [0.1, 0.15) is 18.7 Å². The number of nitrogens with one attached hydrogen (secondary N) is 4. The van der Waals surface area contributed by atoms with E-state index in [1.165, 1.54) is 145 Å². The van der Waals surface area contributed by atoms with E-state index >= 15 is 0 Å². The van der Waals surface area contributed by atoms with Gasteiger partial charge in [0.2, 0.25) is 35.4 Å². The van der Waals surface area contributed by atoms with E-state index in [-0.39, 0.29) is 122 Å². The number of thioether (sulfide) groups is 1. The van der Waals surface area contributed by atoms with E-state index in [0.717, 1.165) is 61.8 Å². The van der Waals surface area contributed by atoms with E-state index in [1.54, 1.807) is 73.1 Å². The van der Waals surface area contributed by atoms with Crippen LogP contribution in [0.1, 0.15) is 267 Å². The molecule has 0 spiro atoms. The Hall–Kier alpha value is -8.77. The Morgan fingerprint density at radius 1 is 0.560 bits per heavy atom. The molecule has 6 aliphatic rings. The van der Waals surface area contributed by atoms with E-state index in [2.05, 4.69) is 42.0 Å². The number of aliphatic hydroxyl groups is 1. The van der Waals surface area contributed by atoms with Gasteiger partial charge in [-0.25, -0.2) is 9.69 Å². The van der Waals surface area contributed by atoms with Crippen LogP contribution < -0.4 is 45.1 Å². The summed E-state index contributed by atoms with van der Waals surface area (Å²) in [7, 11) is 2.99. The van der Waals surface area contributed by atoms with Crippen molar-refractivity contribution in [3.05, 3.63) is 88.8 Å². The van der Waals surface area contributed by atoms with Gasteiger partial charge < -0.3 is 97.8 Å². The molecule has 5 N–H and O–H groups in total. The van der Waals surface area contributed by atoms with Crippen LogP contribution in [-0.4, -0.2) is 266 Å². The molecule has 5 aliphatic heterocycles. The van der Waals surface area contributed by atoms with Crippen molar-refractivity contribution < 1.29 is 110 Å². The summed E-state index contributed by atoms with van der Waals surface area (Å²) in [6.07, 6.45) is 33.5. The van der Waals surface area contributed by atoms with Gasteiger partial charge in [-0.3, -0.25) is 48.2 Å². The van der Waals surface area contributed by atoms with Gasteiger partial charge >= 0.3 is 6.09 Å². The largest absolute Gasteiger partial charge is 0.493 e. The first-order valence-electron chi connectivity index (χ1n) is 49.4. The van der Waals surface area contributed by atoms with Crippen LogP contribution in [0.4, 0.5) is 21.9 Å². The van der Waals surface area contributed by atoms with Crippen molar-refractivity contribution in [3.63, 3.8) is 0 Å². The number of nitrogens with zero attached hydrogens (tertiary/aromatic N) is 5. The fourth-order valence-electron chi connectivity index (χ4n) is 17.5. The first-order chi connectivity index (χ1) is 65.1. The molecular formula is C101H153N9O23S. The summed E-state index contributed by atoms with van der Waals surface area (Å²) >= 11 is 1.74. The fourth-order valence-corrected chi connectivity index (χ4v) is 19.2. The van der Waals surface area contributed by atoms with Gasteiger partial charge in [-0.1, -0.05) is 167 Å². The van der Waals surface area contributed by atoms with Crippen molar-refractivity contribution in [2.24, 2.45) is 16.8 Å². The number of ether oxygens (including phenoxy) is 13. The van der Waals surface area contributed by atoms with Crippen LogP contribution in [0.2, 0.25) is 0 Å². The second-order valence-electron chi connectivity index (χ2n) is 35.9. The molecular weight excluding hydrogens is 1740 g/mol. The van der Waals surface area contributed by atoms with Gasteiger partial charge in [-0.15, -0.1) is 11.8 Å². The van der Waals surface area contributed by atoms with Crippen molar-refractivity contribution in [1.29, 1.82) is 0 Å². The van der Waals surface area contributed by atoms with Gasteiger partial charge in [0.05, 0.1) is 173 Å². The summed E-state index contributed by atoms with van der Waals surface area (Å²) in [5.74, 6) is -0.918. The summed E-state index contributed by atoms with van der Waals surface area (Å²) in [5, 5.41) is 22.7. The minimum Gasteiger partial charge on any atom is -0.493 e. The Morgan fingerprint density at radius 2 is 1.10 bits per heavy atom. The van der Waals surface area contributed by atoms with Crippen LogP contribution in [0.15, 0.2) is 77.1 Å². The molecule has 134 heavy (non-hydrogen) atoms. The number of hydrogen-bond acceptors (Lipinski definition) is 25. The Morgan fingerprint density at radius 3 is 1.65 bits per heavy atom. The average Bonchev–Trinajstić information content (AvgIpc) is 1.59. The SMILES string of the molecule is CCCCCC1=CN2C(=O)c3cc(OC)c(OCCCCCOc4cc5c(cc4OC)C(=O)N4C=C(C)C[C@H]4[C@H](O)N5C(=O)OCc4ccc(NC(=O)[C@H](C)NC(=O)[C@@H](NC(=O)CCOCCOCCOCCOCCOCCOCCOCCOCCNC(=O)CCN5C(=O)CC(SC(CC)(CC)CC6CCCCCCCCCCCCCCC6)C5=O)C(C)C)cc4)cc3N=C[C@@H]2C1. The number of unbranched alkanes of at least 4 members (excludes halogenated alkanes) is 4. The Balaban J connectivity index is 0.555. The molecule has 746 valence electrons. The number of benzene rings is 3. The van der Waals surface area contributed by atoms with Crippen LogP contribution in [-0.2, 0) is 78.0 Å². The summed E-state index contributed by atoms with van der Waals surface area (Å²) in [6.45, 7) is 19.8. The maximum absolute atomic E-state index is 14.3. The van der Waals surface area contributed by atoms with Crippen LogP contribution in [0.5, 0.6) is 23.0 Å². The van der Waals surface area contributed by atoms with Crippen LogP contribution in [0.3, 0.4) is 0 Å². The lowest BCUT2D eigenvalue weighted by Crippen LogP contribution is -2.53.